The first kappa shape index (κ1) is 12.2. The lowest BCUT2D eigenvalue weighted by atomic mass is 9.68. The van der Waals surface area contributed by atoms with Crippen LogP contribution in [0.2, 0.25) is 0 Å². The molecule has 4 rings (SSSR count). The Morgan fingerprint density at radius 2 is 1.89 bits per heavy atom. The Bertz CT molecular complexity index is 432. The highest BCUT2D eigenvalue weighted by Gasteiger charge is 2.45. The number of benzene rings is 1. The van der Waals surface area contributed by atoms with Gasteiger partial charge in [-0.1, -0.05) is 24.3 Å². The third-order valence-corrected chi connectivity index (χ3v) is 5.07. The molecular formula is C16H23NO. The fraction of sp³-hybridized carbons (Fsp3) is 0.625. The summed E-state index contributed by atoms with van der Waals surface area (Å²) >= 11 is 0. The first-order chi connectivity index (χ1) is 8.59. The molecule has 3 heterocycles. The molecule has 3 aliphatic rings. The van der Waals surface area contributed by atoms with E-state index in [0.29, 0.717) is 11.8 Å². The zero-order chi connectivity index (χ0) is 12.8. The maximum atomic E-state index is 11.1. The topological polar surface area (TPSA) is 23.5 Å². The summed E-state index contributed by atoms with van der Waals surface area (Å²) in [5.74, 6) is 1.09. The van der Waals surface area contributed by atoms with Gasteiger partial charge in [-0.3, -0.25) is 0 Å². The van der Waals surface area contributed by atoms with Crippen LogP contribution in [0.25, 0.3) is 0 Å². The molecule has 0 aromatic heterocycles. The summed E-state index contributed by atoms with van der Waals surface area (Å²) in [4.78, 5) is 2.51. The van der Waals surface area contributed by atoms with E-state index < -0.39 is 5.60 Å². The number of hydrogen-bond acceptors (Lipinski definition) is 2. The van der Waals surface area contributed by atoms with E-state index in [1.165, 1.54) is 31.5 Å². The van der Waals surface area contributed by atoms with E-state index in [0.717, 1.165) is 12.1 Å². The van der Waals surface area contributed by atoms with Crippen LogP contribution >= 0.6 is 0 Å². The Labute approximate surface area is 110 Å². The standard InChI is InChI=1S/C16H23NO/c1-12-5-3-4-6-14(12)16(2,18)15-11-17-9-7-13(15)8-10-17/h3-6,13,15,18H,7-11H2,1-2H3. The molecular weight excluding hydrogens is 222 g/mol. The molecule has 3 aliphatic heterocycles. The maximum Gasteiger partial charge on any atom is 0.0913 e. The summed E-state index contributed by atoms with van der Waals surface area (Å²) in [7, 11) is 0. The van der Waals surface area contributed by atoms with Gasteiger partial charge >= 0.3 is 0 Å². The van der Waals surface area contributed by atoms with Gasteiger partial charge in [0.1, 0.15) is 0 Å². The van der Waals surface area contributed by atoms with Gasteiger partial charge in [-0.05, 0) is 56.8 Å². The number of aryl methyl sites for hydroxylation is 1. The second-order valence-electron chi connectivity index (χ2n) is 6.21. The minimum absolute atomic E-state index is 0.390. The summed E-state index contributed by atoms with van der Waals surface area (Å²) in [6.07, 6.45) is 2.51. The van der Waals surface area contributed by atoms with Crippen LogP contribution in [0, 0.1) is 18.8 Å². The predicted octanol–water partition coefficient (Wildman–Crippen LogP) is 2.54. The van der Waals surface area contributed by atoms with Crippen molar-refractivity contribution >= 4 is 0 Å². The van der Waals surface area contributed by atoms with Crippen molar-refractivity contribution in [2.75, 3.05) is 19.6 Å². The number of nitrogens with zero attached hydrogens (tertiary/aromatic N) is 1. The average molecular weight is 245 g/mol. The van der Waals surface area contributed by atoms with E-state index >= 15 is 0 Å². The predicted molar refractivity (Wildman–Crippen MR) is 73.4 cm³/mol. The lowest BCUT2D eigenvalue weighted by Crippen LogP contribution is -2.54. The highest BCUT2D eigenvalue weighted by Crippen LogP contribution is 2.43. The van der Waals surface area contributed by atoms with Gasteiger partial charge in [0.2, 0.25) is 0 Å². The Hall–Kier alpha value is -0.860. The summed E-state index contributed by atoms with van der Waals surface area (Å²) in [6, 6.07) is 8.28. The van der Waals surface area contributed by atoms with Gasteiger partial charge < -0.3 is 10.0 Å². The van der Waals surface area contributed by atoms with E-state index in [4.69, 9.17) is 0 Å². The van der Waals surface area contributed by atoms with Crippen molar-refractivity contribution in [3.63, 3.8) is 0 Å². The van der Waals surface area contributed by atoms with Crippen LogP contribution in [0.4, 0.5) is 0 Å². The minimum atomic E-state index is -0.685. The maximum absolute atomic E-state index is 11.1. The Morgan fingerprint density at radius 3 is 2.44 bits per heavy atom. The SMILES string of the molecule is Cc1ccccc1C(C)(O)C1CN2CCC1CC2. The van der Waals surface area contributed by atoms with Crippen molar-refractivity contribution in [1.82, 2.24) is 4.90 Å². The number of aliphatic hydroxyl groups is 1. The molecule has 3 fully saturated rings. The zero-order valence-corrected chi connectivity index (χ0v) is 11.4. The van der Waals surface area contributed by atoms with Gasteiger partial charge in [-0.25, -0.2) is 0 Å². The summed E-state index contributed by atoms with van der Waals surface area (Å²) in [5, 5.41) is 11.1. The van der Waals surface area contributed by atoms with Crippen LogP contribution < -0.4 is 0 Å². The molecule has 98 valence electrons. The number of rotatable bonds is 2. The van der Waals surface area contributed by atoms with Gasteiger partial charge in [0, 0.05) is 12.5 Å². The van der Waals surface area contributed by atoms with Gasteiger partial charge in [0.15, 0.2) is 0 Å². The molecule has 2 heteroatoms. The summed E-state index contributed by atoms with van der Waals surface area (Å²) in [6.45, 7) is 7.63. The molecule has 3 saturated heterocycles. The number of piperidine rings is 3. The van der Waals surface area contributed by atoms with E-state index in [2.05, 4.69) is 24.0 Å². The fourth-order valence-electron chi connectivity index (χ4n) is 3.94. The van der Waals surface area contributed by atoms with E-state index in [1.54, 1.807) is 0 Å². The van der Waals surface area contributed by atoms with Crippen LogP contribution in [-0.4, -0.2) is 29.6 Å². The van der Waals surface area contributed by atoms with Crippen LogP contribution in [0.3, 0.4) is 0 Å². The third-order valence-electron chi connectivity index (χ3n) is 5.07. The van der Waals surface area contributed by atoms with E-state index in [9.17, 15) is 5.11 Å². The largest absolute Gasteiger partial charge is 0.385 e. The first-order valence-electron chi connectivity index (χ1n) is 7.10. The van der Waals surface area contributed by atoms with Gasteiger partial charge in [-0.15, -0.1) is 0 Å². The molecule has 1 N–H and O–H groups in total. The smallest absolute Gasteiger partial charge is 0.0913 e. The monoisotopic (exact) mass is 245 g/mol. The molecule has 0 saturated carbocycles. The second-order valence-corrected chi connectivity index (χ2v) is 6.21. The molecule has 0 amide bonds. The molecule has 2 unspecified atom stereocenters. The zero-order valence-electron chi connectivity index (χ0n) is 11.4. The Balaban J connectivity index is 1.93. The molecule has 0 radical (unpaired) electrons. The van der Waals surface area contributed by atoms with Crippen molar-refractivity contribution in [1.29, 1.82) is 0 Å². The van der Waals surface area contributed by atoms with Gasteiger partial charge in [0.05, 0.1) is 5.60 Å². The van der Waals surface area contributed by atoms with Crippen molar-refractivity contribution in [2.24, 2.45) is 11.8 Å². The van der Waals surface area contributed by atoms with Crippen LogP contribution in [0.5, 0.6) is 0 Å². The second kappa shape index (κ2) is 4.36. The summed E-state index contributed by atoms with van der Waals surface area (Å²) in [5.41, 5.74) is 1.64. The van der Waals surface area contributed by atoms with Crippen molar-refractivity contribution in [2.45, 2.75) is 32.3 Å². The van der Waals surface area contributed by atoms with Crippen molar-refractivity contribution in [3.05, 3.63) is 35.4 Å². The molecule has 18 heavy (non-hydrogen) atoms. The first-order valence-corrected chi connectivity index (χ1v) is 7.10. The van der Waals surface area contributed by atoms with E-state index in [-0.39, 0.29) is 0 Å². The lowest BCUT2D eigenvalue weighted by molar-refractivity contribution is -0.0904. The minimum Gasteiger partial charge on any atom is -0.385 e. The molecule has 2 bridgehead atoms. The Morgan fingerprint density at radius 1 is 1.22 bits per heavy atom. The van der Waals surface area contributed by atoms with Crippen LogP contribution in [0.1, 0.15) is 30.9 Å². The highest BCUT2D eigenvalue weighted by atomic mass is 16.3. The van der Waals surface area contributed by atoms with E-state index in [1.807, 2.05) is 19.1 Å². The van der Waals surface area contributed by atoms with Crippen LogP contribution in [0.15, 0.2) is 24.3 Å². The molecule has 1 aromatic rings. The number of fused-ring (bicyclic) bond motifs is 3. The summed E-state index contributed by atoms with van der Waals surface area (Å²) < 4.78 is 0. The third kappa shape index (κ3) is 1.88. The highest BCUT2D eigenvalue weighted by molar-refractivity contribution is 5.32. The molecule has 2 atom stereocenters. The lowest BCUT2D eigenvalue weighted by Gasteiger charge is -2.50. The normalized spacial score (nSPS) is 34.3. The quantitative estimate of drug-likeness (QED) is 0.865. The average Bonchev–Trinajstić information content (AvgIpc) is 2.40. The van der Waals surface area contributed by atoms with Crippen molar-refractivity contribution < 1.29 is 5.11 Å². The van der Waals surface area contributed by atoms with Crippen molar-refractivity contribution in [3.8, 4) is 0 Å². The number of hydrogen-bond donors (Lipinski definition) is 1. The fourth-order valence-corrected chi connectivity index (χ4v) is 3.94. The molecule has 2 nitrogen and oxygen atoms in total. The molecule has 0 spiro atoms. The van der Waals surface area contributed by atoms with Gasteiger partial charge in [-0.2, -0.15) is 0 Å². The van der Waals surface area contributed by atoms with Gasteiger partial charge in [0.25, 0.3) is 0 Å². The van der Waals surface area contributed by atoms with Crippen LogP contribution in [-0.2, 0) is 5.60 Å². The molecule has 1 aromatic carbocycles. The molecule has 0 aliphatic carbocycles. The Kier molecular flexibility index (Phi) is 2.95.